The molecule has 0 saturated carbocycles. The number of aromatic nitrogens is 2. The molecular weight excluding hydrogens is 537 g/mol. The molecule has 2 aromatic carbocycles. The molecule has 1 N–H and O–H groups in total. The summed E-state index contributed by atoms with van der Waals surface area (Å²) in [5.74, 6) is -0.727. The lowest BCUT2D eigenvalue weighted by molar-refractivity contribution is 0.0885. The van der Waals surface area contributed by atoms with Crippen LogP contribution >= 0.6 is 11.6 Å². The smallest absolute Gasteiger partial charge is 0.254 e. The zero-order valence-electron chi connectivity index (χ0n) is 23.2. The molecule has 0 spiro atoms. The van der Waals surface area contributed by atoms with Gasteiger partial charge in [0.15, 0.2) is 0 Å². The second kappa shape index (κ2) is 12.6. The SMILES string of the molecule is O=C(NCc1ccccc1)c1c(CN2CCC(N3CCCCC3)CC2)c(-c2ccc(Cl)c(F)c2)nc2cccnc12. The first-order chi connectivity index (χ1) is 20.1. The standard InChI is InChI=1S/C33H35ClFN5O/c34-27-12-11-24(20-28(27)35)31-26(22-39-18-13-25(14-19-39)40-16-5-2-6-17-40)30(32-29(38-31)10-7-15-36-32)33(41)37-21-23-8-3-1-4-9-23/h1,3-4,7-12,15,20,25H,2,5-6,13-14,16-19,21-22H2,(H,37,41). The average Bonchev–Trinajstić information content (AvgIpc) is 3.02. The summed E-state index contributed by atoms with van der Waals surface area (Å²) in [6.07, 6.45) is 7.80. The van der Waals surface area contributed by atoms with Crippen LogP contribution in [0.15, 0.2) is 66.9 Å². The van der Waals surface area contributed by atoms with E-state index in [1.165, 1.54) is 38.4 Å². The molecule has 0 unspecified atom stereocenters. The van der Waals surface area contributed by atoms with Gasteiger partial charge in [-0.05, 0) is 81.7 Å². The monoisotopic (exact) mass is 571 g/mol. The molecule has 4 aromatic rings. The van der Waals surface area contributed by atoms with E-state index in [1.54, 1.807) is 24.4 Å². The number of rotatable bonds is 7. The Kier molecular flexibility index (Phi) is 8.56. The van der Waals surface area contributed by atoms with E-state index < -0.39 is 5.82 Å². The molecule has 41 heavy (non-hydrogen) atoms. The number of likely N-dealkylation sites (tertiary alicyclic amines) is 2. The predicted octanol–water partition coefficient (Wildman–Crippen LogP) is 6.47. The van der Waals surface area contributed by atoms with Crippen LogP contribution in [0.5, 0.6) is 0 Å². The van der Waals surface area contributed by atoms with E-state index in [4.69, 9.17) is 16.6 Å². The van der Waals surface area contributed by atoms with Crippen LogP contribution in [0.1, 0.15) is 53.6 Å². The van der Waals surface area contributed by atoms with Crippen LogP contribution in [-0.4, -0.2) is 57.9 Å². The van der Waals surface area contributed by atoms with Crippen LogP contribution in [0.2, 0.25) is 5.02 Å². The Morgan fingerprint density at radius 2 is 1.76 bits per heavy atom. The van der Waals surface area contributed by atoms with E-state index in [1.807, 2.05) is 36.4 Å². The highest BCUT2D eigenvalue weighted by Gasteiger charge is 2.29. The van der Waals surface area contributed by atoms with Crippen LogP contribution in [-0.2, 0) is 13.1 Å². The molecule has 212 valence electrons. The summed E-state index contributed by atoms with van der Waals surface area (Å²) in [6.45, 7) is 5.18. The van der Waals surface area contributed by atoms with Crippen LogP contribution in [0.3, 0.4) is 0 Å². The lowest BCUT2D eigenvalue weighted by Crippen LogP contribution is -2.46. The highest BCUT2D eigenvalue weighted by molar-refractivity contribution is 6.30. The predicted molar refractivity (Wildman–Crippen MR) is 161 cm³/mol. The Bertz CT molecular complexity index is 1520. The summed E-state index contributed by atoms with van der Waals surface area (Å²) in [7, 11) is 0. The second-order valence-electron chi connectivity index (χ2n) is 11.1. The van der Waals surface area contributed by atoms with Gasteiger partial charge in [0.2, 0.25) is 0 Å². The maximum Gasteiger partial charge on any atom is 0.254 e. The summed E-state index contributed by atoms with van der Waals surface area (Å²) in [5.41, 5.74) is 4.59. The van der Waals surface area contributed by atoms with Crippen LogP contribution < -0.4 is 5.32 Å². The third-order valence-corrected chi connectivity index (χ3v) is 8.71. The van der Waals surface area contributed by atoms with Gasteiger partial charge in [-0.1, -0.05) is 54.4 Å². The molecule has 2 aromatic heterocycles. The number of carbonyl (C=O) groups excluding carboxylic acids is 1. The molecule has 6 rings (SSSR count). The van der Waals surface area contributed by atoms with Crippen molar-refractivity contribution in [3.63, 3.8) is 0 Å². The quantitative estimate of drug-likeness (QED) is 0.275. The fourth-order valence-electron chi connectivity index (χ4n) is 6.23. The fraction of sp³-hybridized carbons (Fsp3) is 0.364. The largest absolute Gasteiger partial charge is 0.348 e. The van der Waals surface area contributed by atoms with E-state index in [-0.39, 0.29) is 10.9 Å². The van der Waals surface area contributed by atoms with Gasteiger partial charge in [0.25, 0.3) is 5.91 Å². The third kappa shape index (κ3) is 6.27. The lowest BCUT2D eigenvalue weighted by Gasteiger charge is -2.40. The van der Waals surface area contributed by atoms with Crippen molar-refractivity contribution in [2.24, 2.45) is 0 Å². The lowest BCUT2D eigenvalue weighted by atomic mass is 9.95. The zero-order chi connectivity index (χ0) is 28.2. The zero-order valence-corrected chi connectivity index (χ0v) is 23.9. The van der Waals surface area contributed by atoms with Crippen molar-refractivity contribution in [1.29, 1.82) is 0 Å². The molecule has 2 aliphatic heterocycles. The number of hydrogen-bond acceptors (Lipinski definition) is 5. The molecule has 0 atom stereocenters. The third-order valence-electron chi connectivity index (χ3n) is 8.40. The Balaban J connectivity index is 1.37. The number of benzene rings is 2. The van der Waals surface area contributed by atoms with Crippen molar-refractivity contribution in [3.8, 4) is 11.3 Å². The number of nitrogens with zero attached hydrogens (tertiary/aromatic N) is 4. The van der Waals surface area contributed by atoms with Crippen molar-refractivity contribution >= 4 is 28.5 Å². The summed E-state index contributed by atoms with van der Waals surface area (Å²) >= 11 is 6.04. The molecule has 2 saturated heterocycles. The van der Waals surface area contributed by atoms with Gasteiger partial charge in [0.1, 0.15) is 11.3 Å². The van der Waals surface area contributed by atoms with E-state index in [2.05, 4.69) is 20.1 Å². The van der Waals surface area contributed by atoms with Gasteiger partial charge in [-0.25, -0.2) is 9.37 Å². The maximum atomic E-state index is 14.7. The number of fused-ring (bicyclic) bond motifs is 1. The van der Waals surface area contributed by atoms with Gasteiger partial charge in [0.05, 0.1) is 21.8 Å². The molecular formula is C33H35ClFN5O. The van der Waals surface area contributed by atoms with E-state index in [9.17, 15) is 9.18 Å². The van der Waals surface area contributed by atoms with Crippen LogP contribution in [0.25, 0.3) is 22.3 Å². The van der Waals surface area contributed by atoms with Crippen LogP contribution in [0.4, 0.5) is 4.39 Å². The van der Waals surface area contributed by atoms with Gasteiger partial charge in [0, 0.05) is 36.5 Å². The topological polar surface area (TPSA) is 61.4 Å². The van der Waals surface area contributed by atoms with Crippen molar-refractivity contribution in [1.82, 2.24) is 25.1 Å². The molecule has 8 heteroatoms. The summed E-state index contributed by atoms with van der Waals surface area (Å²) < 4.78 is 14.7. The van der Waals surface area contributed by atoms with Crippen molar-refractivity contribution in [2.75, 3.05) is 26.2 Å². The number of nitrogens with one attached hydrogen (secondary N) is 1. The number of amides is 1. The Morgan fingerprint density at radius 1 is 0.976 bits per heavy atom. The number of carbonyl (C=O) groups is 1. The molecule has 6 nitrogen and oxygen atoms in total. The fourth-order valence-corrected chi connectivity index (χ4v) is 6.34. The van der Waals surface area contributed by atoms with E-state index >= 15 is 0 Å². The molecule has 1 amide bonds. The van der Waals surface area contributed by atoms with Crippen molar-refractivity contribution in [2.45, 2.75) is 51.2 Å². The second-order valence-corrected chi connectivity index (χ2v) is 11.5. The van der Waals surface area contributed by atoms with E-state index in [0.29, 0.717) is 47.0 Å². The highest BCUT2D eigenvalue weighted by Crippen LogP contribution is 2.33. The number of pyridine rings is 2. The van der Waals surface area contributed by atoms with Gasteiger partial charge in [-0.3, -0.25) is 14.7 Å². The minimum absolute atomic E-state index is 0.0540. The number of piperidine rings is 2. The Hall–Kier alpha value is -3.39. The first kappa shape index (κ1) is 27.8. The normalized spacial score (nSPS) is 17.1. The molecule has 0 aliphatic carbocycles. The minimum Gasteiger partial charge on any atom is -0.348 e. The molecule has 2 aliphatic rings. The average molecular weight is 572 g/mol. The van der Waals surface area contributed by atoms with Gasteiger partial charge >= 0.3 is 0 Å². The summed E-state index contributed by atoms with van der Waals surface area (Å²) in [4.78, 5) is 28.6. The molecule has 0 bridgehead atoms. The molecule has 0 radical (unpaired) electrons. The Labute approximate surface area is 245 Å². The summed E-state index contributed by atoms with van der Waals surface area (Å²) in [5, 5.41) is 3.16. The first-order valence-electron chi connectivity index (χ1n) is 14.6. The van der Waals surface area contributed by atoms with Gasteiger partial charge < -0.3 is 10.2 Å². The first-order valence-corrected chi connectivity index (χ1v) is 15.0. The summed E-state index contributed by atoms with van der Waals surface area (Å²) in [6, 6.07) is 18.8. The van der Waals surface area contributed by atoms with Gasteiger partial charge in [-0.2, -0.15) is 0 Å². The Morgan fingerprint density at radius 3 is 2.51 bits per heavy atom. The minimum atomic E-state index is -0.513. The molecule has 2 fully saturated rings. The highest BCUT2D eigenvalue weighted by atomic mass is 35.5. The van der Waals surface area contributed by atoms with Crippen molar-refractivity contribution in [3.05, 3.63) is 94.4 Å². The van der Waals surface area contributed by atoms with Crippen molar-refractivity contribution < 1.29 is 9.18 Å². The van der Waals surface area contributed by atoms with Gasteiger partial charge in [-0.15, -0.1) is 0 Å². The number of hydrogen-bond donors (Lipinski definition) is 1. The molecule has 4 heterocycles. The van der Waals surface area contributed by atoms with Crippen LogP contribution in [0, 0.1) is 5.82 Å². The maximum absolute atomic E-state index is 14.7. The van der Waals surface area contributed by atoms with E-state index in [0.717, 1.165) is 37.1 Å². The number of halogens is 2.